The molecule has 0 aliphatic carbocycles. The van der Waals surface area contributed by atoms with Crippen LogP contribution in [0.25, 0.3) is 0 Å². The Morgan fingerprint density at radius 1 is 0.571 bits per heavy atom. The van der Waals surface area contributed by atoms with Crippen molar-refractivity contribution in [2.45, 2.75) is 139 Å². The molecule has 4 nitrogen and oxygen atoms in total. The summed E-state index contributed by atoms with van der Waals surface area (Å²) >= 11 is 0. The number of ketones is 2. The predicted octanol–water partition coefficient (Wildman–Crippen LogP) is 8.02. The van der Waals surface area contributed by atoms with E-state index in [1.54, 1.807) is 13.8 Å². The minimum absolute atomic E-state index is 0. The Bertz CT molecular complexity index is 290. The molecule has 4 heteroatoms. The van der Waals surface area contributed by atoms with Crippen LogP contribution in [0.3, 0.4) is 0 Å². The summed E-state index contributed by atoms with van der Waals surface area (Å²) in [6, 6.07) is 0. The number of carboxylic acids is 1. The van der Waals surface area contributed by atoms with Crippen LogP contribution in [0.2, 0.25) is 0 Å². The maximum atomic E-state index is 10.4. The second kappa shape index (κ2) is 36.7. The van der Waals surface area contributed by atoms with Crippen LogP contribution >= 0.6 is 0 Å². The molecule has 0 heterocycles. The maximum Gasteiger partial charge on any atom is 0.303 e. The Hall–Kier alpha value is -1.19. The van der Waals surface area contributed by atoms with Crippen LogP contribution in [0.4, 0.5) is 0 Å². The number of unbranched alkanes of at least 4 members (excludes halogenated alkanes) is 6. The summed E-state index contributed by atoms with van der Waals surface area (Å²) in [5.41, 5.74) is 0. The smallest absolute Gasteiger partial charge is 0.303 e. The molecule has 0 bridgehead atoms. The molecule has 28 heavy (non-hydrogen) atoms. The standard InChI is InChI=1S/C8H16O.C7H14O2.C5H10O.C3H8.CH4/c1-3-4-5-6-7-8(2)9;1-2-3-4-5-6-7(8)9;1-3-4-5(2)6;1-3-2;/h3-7H2,1-2H3;2-6H2,1H3,(H,8,9);3-4H2,1-2H3;3H2,1-2H3;1H4. The lowest BCUT2D eigenvalue weighted by Gasteiger charge is -1.93. The van der Waals surface area contributed by atoms with Crippen molar-refractivity contribution in [2.24, 2.45) is 0 Å². The van der Waals surface area contributed by atoms with Crippen LogP contribution in [-0.2, 0) is 14.4 Å². The van der Waals surface area contributed by atoms with Crippen LogP contribution in [0.1, 0.15) is 139 Å². The number of carbonyl (C=O) groups excluding carboxylic acids is 2. The second-order valence-electron chi connectivity index (χ2n) is 6.88. The predicted molar refractivity (Wildman–Crippen MR) is 124 cm³/mol. The van der Waals surface area contributed by atoms with Crippen LogP contribution in [0.15, 0.2) is 0 Å². The first kappa shape index (κ1) is 37.5. The van der Waals surface area contributed by atoms with Crippen molar-refractivity contribution >= 4 is 17.5 Å². The summed E-state index contributed by atoms with van der Waals surface area (Å²) in [5, 5.41) is 8.21. The van der Waals surface area contributed by atoms with Gasteiger partial charge >= 0.3 is 5.97 Å². The van der Waals surface area contributed by atoms with Gasteiger partial charge in [-0.05, 0) is 33.1 Å². The van der Waals surface area contributed by atoms with E-state index in [2.05, 4.69) is 27.7 Å². The Morgan fingerprint density at radius 2 is 0.929 bits per heavy atom. The van der Waals surface area contributed by atoms with Gasteiger partial charge in [-0.25, -0.2) is 0 Å². The van der Waals surface area contributed by atoms with Crippen molar-refractivity contribution in [1.29, 1.82) is 0 Å². The minimum atomic E-state index is -0.675. The summed E-state index contributed by atoms with van der Waals surface area (Å²) in [6.45, 7) is 13.8. The Labute approximate surface area is 176 Å². The van der Waals surface area contributed by atoms with Crippen LogP contribution in [-0.4, -0.2) is 22.6 Å². The first-order chi connectivity index (χ1) is 12.7. The van der Waals surface area contributed by atoms with Gasteiger partial charge < -0.3 is 14.7 Å². The molecule has 172 valence electrons. The molecule has 0 radical (unpaired) electrons. The van der Waals surface area contributed by atoms with Crippen molar-refractivity contribution < 1.29 is 19.5 Å². The molecule has 0 aromatic carbocycles. The van der Waals surface area contributed by atoms with E-state index in [9.17, 15) is 14.4 Å². The molecule has 0 aliphatic rings. The normalized spacial score (nSPS) is 8.54. The van der Waals surface area contributed by atoms with E-state index in [1.807, 2.05) is 6.92 Å². The van der Waals surface area contributed by atoms with Crippen molar-refractivity contribution in [3.8, 4) is 0 Å². The van der Waals surface area contributed by atoms with E-state index in [4.69, 9.17) is 5.11 Å². The van der Waals surface area contributed by atoms with Gasteiger partial charge in [-0.3, -0.25) is 4.79 Å². The SMILES string of the molecule is C.CCC.CCCC(C)=O.CCCCCCC(=O)O.CCCCCCC(C)=O. The van der Waals surface area contributed by atoms with Crippen LogP contribution in [0, 0.1) is 0 Å². The van der Waals surface area contributed by atoms with Gasteiger partial charge in [0.1, 0.15) is 11.6 Å². The largest absolute Gasteiger partial charge is 0.481 e. The number of aliphatic carboxylic acids is 1. The third kappa shape index (κ3) is 73.7. The monoisotopic (exact) mass is 404 g/mol. The molecule has 0 aliphatic heterocycles. The van der Waals surface area contributed by atoms with Gasteiger partial charge in [0, 0.05) is 19.3 Å². The summed E-state index contributed by atoms with van der Waals surface area (Å²) in [4.78, 5) is 30.4. The van der Waals surface area contributed by atoms with E-state index in [1.165, 1.54) is 32.1 Å². The fraction of sp³-hybridized carbons (Fsp3) is 0.875. The Morgan fingerprint density at radius 3 is 1.14 bits per heavy atom. The zero-order chi connectivity index (χ0) is 21.9. The molecule has 0 rings (SSSR count). The third-order valence-corrected chi connectivity index (χ3v) is 3.23. The summed E-state index contributed by atoms with van der Waals surface area (Å²) in [6.07, 6.45) is 13.1. The van der Waals surface area contributed by atoms with Gasteiger partial charge in [0.15, 0.2) is 0 Å². The van der Waals surface area contributed by atoms with Crippen LogP contribution < -0.4 is 0 Å². The maximum absolute atomic E-state index is 10.4. The lowest BCUT2D eigenvalue weighted by molar-refractivity contribution is -0.137. The third-order valence-electron chi connectivity index (χ3n) is 3.23. The molecule has 1 N–H and O–H groups in total. The summed E-state index contributed by atoms with van der Waals surface area (Å²) in [7, 11) is 0. The van der Waals surface area contributed by atoms with Gasteiger partial charge in [-0.1, -0.05) is 87.0 Å². The van der Waals surface area contributed by atoms with E-state index >= 15 is 0 Å². The van der Waals surface area contributed by atoms with E-state index in [0.29, 0.717) is 12.2 Å². The number of carboxylic acid groups (broad SMARTS) is 1. The zero-order valence-electron chi connectivity index (χ0n) is 19.4. The molecule has 0 aromatic heterocycles. The topological polar surface area (TPSA) is 71.4 Å². The number of carbonyl (C=O) groups is 3. The minimum Gasteiger partial charge on any atom is -0.481 e. The molecular formula is C24H52O4. The van der Waals surface area contributed by atoms with Gasteiger partial charge in [0.05, 0.1) is 0 Å². The first-order valence-corrected chi connectivity index (χ1v) is 10.9. The highest BCUT2D eigenvalue weighted by Gasteiger charge is 1.94. The fourth-order valence-corrected chi connectivity index (χ4v) is 1.86. The van der Waals surface area contributed by atoms with Crippen molar-refractivity contribution in [3.05, 3.63) is 0 Å². The van der Waals surface area contributed by atoms with Crippen LogP contribution in [0.5, 0.6) is 0 Å². The molecule has 0 saturated carbocycles. The Balaban J connectivity index is -0.0000000881. The molecule has 0 unspecified atom stereocenters. The number of rotatable bonds is 12. The average Bonchev–Trinajstić information content (AvgIpc) is 2.57. The van der Waals surface area contributed by atoms with E-state index < -0.39 is 5.97 Å². The highest BCUT2D eigenvalue weighted by Crippen LogP contribution is 2.02. The highest BCUT2D eigenvalue weighted by molar-refractivity contribution is 5.75. The zero-order valence-corrected chi connectivity index (χ0v) is 19.4. The molecule has 0 saturated heterocycles. The first-order valence-electron chi connectivity index (χ1n) is 10.9. The fourth-order valence-electron chi connectivity index (χ4n) is 1.86. The van der Waals surface area contributed by atoms with Crippen molar-refractivity contribution in [3.63, 3.8) is 0 Å². The molecular weight excluding hydrogens is 352 g/mol. The van der Waals surface area contributed by atoms with Gasteiger partial charge in [0.25, 0.3) is 0 Å². The number of hydrogen-bond acceptors (Lipinski definition) is 3. The molecule has 0 fully saturated rings. The van der Waals surface area contributed by atoms with Gasteiger partial charge in [-0.15, -0.1) is 0 Å². The quantitative estimate of drug-likeness (QED) is 0.334. The van der Waals surface area contributed by atoms with Crippen molar-refractivity contribution in [2.75, 3.05) is 0 Å². The van der Waals surface area contributed by atoms with E-state index in [-0.39, 0.29) is 13.2 Å². The number of Topliss-reactive ketones (excluding diaryl/α,β-unsaturated/α-hetero) is 2. The Kier molecular flexibility index (Phi) is 49.2. The number of hydrogen-bond donors (Lipinski definition) is 1. The second-order valence-corrected chi connectivity index (χ2v) is 6.88. The molecule has 0 aromatic rings. The van der Waals surface area contributed by atoms with Crippen molar-refractivity contribution in [1.82, 2.24) is 0 Å². The lowest BCUT2D eigenvalue weighted by atomic mass is 10.1. The average molecular weight is 405 g/mol. The summed E-state index contributed by atoms with van der Waals surface area (Å²) in [5.74, 6) is -0.0605. The molecule has 0 amide bonds. The summed E-state index contributed by atoms with van der Waals surface area (Å²) < 4.78 is 0. The highest BCUT2D eigenvalue weighted by atomic mass is 16.4. The van der Waals surface area contributed by atoms with E-state index in [0.717, 1.165) is 44.9 Å². The van der Waals surface area contributed by atoms with Gasteiger partial charge in [0.2, 0.25) is 0 Å². The lowest BCUT2D eigenvalue weighted by Crippen LogP contribution is -1.92. The van der Waals surface area contributed by atoms with Gasteiger partial charge in [-0.2, -0.15) is 0 Å². The molecule has 0 atom stereocenters. The molecule has 0 spiro atoms.